The highest BCUT2D eigenvalue weighted by molar-refractivity contribution is 5.53. The zero-order valence-corrected chi connectivity index (χ0v) is 9.01. The molecule has 4 nitrogen and oxygen atoms in total. The van der Waals surface area contributed by atoms with Crippen LogP contribution in [0.5, 0.6) is 0 Å². The number of fused-ring (bicyclic) bond motifs is 1. The highest BCUT2D eigenvalue weighted by Gasteiger charge is 2.09. The van der Waals surface area contributed by atoms with Crippen LogP contribution in [-0.2, 0) is 13.2 Å². The maximum atomic E-state index is 9.19. The van der Waals surface area contributed by atoms with Gasteiger partial charge in [0, 0.05) is 12.7 Å². The van der Waals surface area contributed by atoms with Gasteiger partial charge in [0.15, 0.2) is 0 Å². The Bertz CT molecular complexity index is 462. The van der Waals surface area contributed by atoms with Gasteiger partial charge in [-0.1, -0.05) is 6.07 Å². The van der Waals surface area contributed by atoms with E-state index >= 15 is 0 Å². The molecule has 0 aromatic carbocycles. The molecule has 0 aliphatic rings. The van der Waals surface area contributed by atoms with E-state index in [0.29, 0.717) is 5.82 Å². The van der Waals surface area contributed by atoms with Gasteiger partial charge in [-0.25, -0.2) is 4.98 Å². The number of nitrogens with zero attached hydrogens (tertiary/aromatic N) is 3. The summed E-state index contributed by atoms with van der Waals surface area (Å²) >= 11 is 0. The highest BCUT2D eigenvalue weighted by atomic mass is 16.3. The van der Waals surface area contributed by atoms with Crippen molar-refractivity contribution in [2.24, 2.45) is 0 Å². The van der Waals surface area contributed by atoms with E-state index in [2.05, 4.69) is 9.88 Å². The number of hydrogen-bond acceptors (Lipinski definition) is 3. The molecule has 2 aromatic heterocycles. The van der Waals surface area contributed by atoms with E-state index in [0.717, 1.165) is 17.8 Å². The first kappa shape index (κ1) is 10.1. The van der Waals surface area contributed by atoms with Gasteiger partial charge in [0.1, 0.15) is 12.4 Å². The summed E-state index contributed by atoms with van der Waals surface area (Å²) in [5.41, 5.74) is 2.07. The minimum absolute atomic E-state index is 0.0292. The topological polar surface area (TPSA) is 40.8 Å². The third-order valence-electron chi connectivity index (χ3n) is 2.31. The number of pyridine rings is 1. The maximum Gasteiger partial charge on any atom is 0.139 e. The molecule has 4 heteroatoms. The van der Waals surface area contributed by atoms with Crippen molar-refractivity contribution in [3.63, 3.8) is 0 Å². The summed E-state index contributed by atoms with van der Waals surface area (Å²) < 4.78 is 1.93. The lowest BCUT2D eigenvalue weighted by molar-refractivity contribution is 0.270. The standard InChI is InChI=1S/C11H15N3O/c1-13(2)7-9-10-5-3-4-6-14(10)11(8-15)12-9/h3-6,15H,7-8H2,1-2H3. The number of aromatic nitrogens is 2. The minimum atomic E-state index is -0.0292. The van der Waals surface area contributed by atoms with Crippen LogP contribution in [0.2, 0.25) is 0 Å². The molecular formula is C11H15N3O. The summed E-state index contributed by atoms with van der Waals surface area (Å²) in [6.45, 7) is 0.756. The van der Waals surface area contributed by atoms with Gasteiger partial charge in [-0.2, -0.15) is 0 Å². The molecule has 0 saturated carbocycles. The van der Waals surface area contributed by atoms with Crippen molar-refractivity contribution < 1.29 is 5.11 Å². The fourth-order valence-corrected chi connectivity index (χ4v) is 1.70. The molecular weight excluding hydrogens is 190 g/mol. The monoisotopic (exact) mass is 205 g/mol. The smallest absolute Gasteiger partial charge is 0.139 e. The molecule has 0 radical (unpaired) electrons. The van der Waals surface area contributed by atoms with Crippen LogP contribution in [0.15, 0.2) is 24.4 Å². The Hall–Kier alpha value is -1.39. The van der Waals surface area contributed by atoms with Crippen LogP contribution >= 0.6 is 0 Å². The van der Waals surface area contributed by atoms with Crippen LogP contribution in [0.1, 0.15) is 11.5 Å². The summed E-state index contributed by atoms with van der Waals surface area (Å²) in [5.74, 6) is 0.697. The first-order chi connectivity index (χ1) is 7.22. The van der Waals surface area contributed by atoms with Crippen molar-refractivity contribution in [1.29, 1.82) is 0 Å². The molecule has 0 fully saturated rings. The van der Waals surface area contributed by atoms with Crippen molar-refractivity contribution in [3.8, 4) is 0 Å². The molecule has 0 bridgehead atoms. The highest BCUT2D eigenvalue weighted by Crippen LogP contribution is 2.14. The zero-order chi connectivity index (χ0) is 10.8. The predicted octanol–water partition coefficient (Wildman–Crippen LogP) is 0.888. The van der Waals surface area contributed by atoms with E-state index in [1.807, 2.05) is 42.9 Å². The summed E-state index contributed by atoms with van der Waals surface area (Å²) in [5, 5.41) is 9.19. The average Bonchev–Trinajstić information content (AvgIpc) is 2.56. The Morgan fingerprint density at radius 3 is 2.87 bits per heavy atom. The largest absolute Gasteiger partial charge is 0.388 e. The van der Waals surface area contributed by atoms with E-state index < -0.39 is 0 Å². The van der Waals surface area contributed by atoms with Crippen LogP contribution < -0.4 is 0 Å². The lowest BCUT2D eigenvalue weighted by Gasteiger charge is -2.06. The fourth-order valence-electron chi connectivity index (χ4n) is 1.70. The van der Waals surface area contributed by atoms with E-state index in [1.165, 1.54) is 0 Å². The van der Waals surface area contributed by atoms with Gasteiger partial charge >= 0.3 is 0 Å². The third-order valence-corrected chi connectivity index (χ3v) is 2.31. The quantitative estimate of drug-likeness (QED) is 0.809. The predicted molar refractivity (Wildman–Crippen MR) is 58.5 cm³/mol. The maximum absolute atomic E-state index is 9.19. The first-order valence-corrected chi connectivity index (χ1v) is 4.93. The Kier molecular flexibility index (Phi) is 2.70. The van der Waals surface area contributed by atoms with Crippen LogP contribution in [0.3, 0.4) is 0 Å². The van der Waals surface area contributed by atoms with E-state index in [-0.39, 0.29) is 6.61 Å². The van der Waals surface area contributed by atoms with Crippen molar-refractivity contribution in [1.82, 2.24) is 14.3 Å². The molecule has 0 atom stereocenters. The molecule has 1 N–H and O–H groups in total. The Labute approximate surface area is 88.8 Å². The molecule has 80 valence electrons. The molecule has 2 rings (SSSR count). The van der Waals surface area contributed by atoms with Gasteiger partial charge < -0.3 is 14.4 Å². The molecule has 2 heterocycles. The van der Waals surface area contributed by atoms with Gasteiger partial charge in [0.05, 0.1) is 11.2 Å². The average molecular weight is 205 g/mol. The molecule has 0 aliphatic carbocycles. The normalized spacial score (nSPS) is 11.5. The summed E-state index contributed by atoms with van der Waals surface area (Å²) in [6.07, 6.45) is 1.92. The number of hydrogen-bond donors (Lipinski definition) is 1. The Morgan fingerprint density at radius 2 is 2.20 bits per heavy atom. The molecule has 2 aromatic rings. The zero-order valence-electron chi connectivity index (χ0n) is 9.01. The van der Waals surface area contributed by atoms with Crippen molar-refractivity contribution >= 4 is 5.52 Å². The number of aliphatic hydroxyl groups excluding tert-OH is 1. The number of rotatable bonds is 3. The number of imidazole rings is 1. The first-order valence-electron chi connectivity index (χ1n) is 4.93. The number of aliphatic hydroxyl groups is 1. The Morgan fingerprint density at radius 1 is 1.40 bits per heavy atom. The Balaban J connectivity index is 2.55. The van der Waals surface area contributed by atoms with Gasteiger partial charge in [-0.05, 0) is 26.2 Å². The second-order valence-corrected chi connectivity index (χ2v) is 3.83. The van der Waals surface area contributed by atoms with Crippen LogP contribution in [0, 0.1) is 0 Å². The van der Waals surface area contributed by atoms with Crippen molar-refractivity contribution in [2.75, 3.05) is 14.1 Å². The van der Waals surface area contributed by atoms with Crippen LogP contribution in [0.4, 0.5) is 0 Å². The lowest BCUT2D eigenvalue weighted by atomic mass is 10.3. The third kappa shape index (κ3) is 1.86. The summed E-state index contributed by atoms with van der Waals surface area (Å²) in [4.78, 5) is 6.49. The van der Waals surface area contributed by atoms with Crippen molar-refractivity contribution in [2.45, 2.75) is 13.2 Å². The van der Waals surface area contributed by atoms with Crippen LogP contribution in [-0.4, -0.2) is 33.5 Å². The summed E-state index contributed by atoms with van der Waals surface area (Å²) in [7, 11) is 4.01. The molecule has 0 aliphatic heterocycles. The van der Waals surface area contributed by atoms with E-state index in [9.17, 15) is 5.11 Å². The second kappa shape index (κ2) is 4.00. The van der Waals surface area contributed by atoms with Gasteiger partial charge in [0.2, 0.25) is 0 Å². The molecule has 0 amide bonds. The van der Waals surface area contributed by atoms with Gasteiger partial charge in [0.25, 0.3) is 0 Å². The van der Waals surface area contributed by atoms with Gasteiger partial charge in [-0.3, -0.25) is 0 Å². The van der Waals surface area contributed by atoms with Crippen LogP contribution in [0.25, 0.3) is 5.52 Å². The van der Waals surface area contributed by atoms with E-state index in [4.69, 9.17) is 0 Å². The van der Waals surface area contributed by atoms with E-state index in [1.54, 1.807) is 0 Å². The lowest BCUT2D eigenvalue weighted by Crippen LogP contribution is -2.11. The SMILES string of the molecule is CN(C)Cc1nc(CO)n2ccccc12. The molecule has 0 spiro atoms. The molecule has 15 heavy (non-hydrogen) atoms. The van der Waals surface area contributed by atoms with Crippen molar-refractivity contribution in [3.05, 3.63) is 35.9 Å². The van der Waals surface area contributed by atoms with Gasteiger partial charge in [-0.15, -0.1) is 0 Å². The second-order valence-electron chi connectivity index (χ2n) is 3.83. The molecule has 0 saturated heterocycles. The molecule has 0 unspecified atom stereocenters. The summed E-state index contributed by atoms with van der Waals surface area (Å²) in [6, 6.07) is 5.94. The fraction of sp³-hybridized carbons (Fsp3) is 0.364. The minimum Gasteiger partial charge on any atom is -0.388 e.